The number of nitrogens with zero attached hydrogens (tertiary/aromatic N) is 2. The second-order valence-corrected chi connectivity index (χ2v) is 3.37. The average molecular weight is 192 g/mol. The van der Waals surface area contributed by atoms with E-state index in [9.17, 15) is 10.1 Å². The van der Waals surface area contributed by atoms with Crippen molar-refractivity contribution in [3.63, 3.8) is 0 Å². The van der Waals surface area contributed by atoms with Crippen LogP contribution in [0.2, 0.25) is 0 Å². The maximum Gasteiger partial charge on any atom is 0.299 e. The highest BCUT2D eigenvalue weighted by molar-refractivity contribution is 5.40. The van der Waals surface area contributed by atoms with Gasteiger partial charge in [-0.25, -0.2) is 4.90 Å². The first kappa shape index (κ1) is 10.5. The molecule has 0 saturated carbocycles. The van der Waals surface area contributed by atoms with Crippen LogP contribution in [0.5, 0.6) is 0 Å². The summed E-state index contributed by atoms with van der Waals surface area (Å²) in [5, 5.41) is 10.9. The Morgan fingerprint density at radius 2 is 2.36 bits per heavy atom. The van der Waals surface area contributed by atoms with Gasteiger partial charge in [0.1, 0.15) is 0 Å². The first-order chi connectivity index (χ1) is 6.53. The highest BCUT2D eigenvalue weighted by Crippen LogP contribution is 2.25. The smallest absolute Gasteiger partial charge is 0.262 e. The van der Waals surface area contributed by atoms with E-state index >= 15 is 0 Å². The molecule has 0 aromatic carbocycles. The minimum atomic E-state index is -1.14. The molecule has 1 aliphatic rings. The number of hydrogen-bond donors (Lipinski definition) is 0. The van der Waals surface area contributed by atoms with E-state index in [1.165, 1.54) is 0 Å². The normalized spacial score (nSPS) is 25.7. The molecule has 14 heavy (non-hydrogen) atoms. The molecule has 1 atom stereocenters. The summed E-state index contributed by atoms with van der Waals surface area (Å²) in [6, 6.07) is 0. The van der Waals surface area contributed by atoms with Gasteiger partial charge in [-0.15, -0.1) is 6.42 Å². The highest BCUT2D eigenvalue weighted by atomic mass is 16.6. The molecule has 0 amide bonds. The molecule has 1 unspecified atom stereocenters. The maximum atomic E-state index is 10.9. The largest absolute Gasteiger partial charge is 0.299 e. The SMILES string of the molecule is C#CC1=CCC(N(C)C)([N+](=O)[O-])C=C1. The van der Waals surface area contributed by atoms with Crippen LogP contribution in [0, 0.1) is 22.5 Å². The van der Waals surface area contributed by atoms with Crippen LogP contribution in [0.1, 0.15) is 6.42 Å². The minimum absolute atomic E-state index is 0.298. The fourth-order valence-corrected chi connectivity index (χ4v) is 1.36. The van der Waals surface area contributed by atoms with Gasteiger partial charge in [-0.1, -0.05) is 12.0 Å². The van der Waals surface area contributed by atoms with Crippen LogP contribution in [0.15, 0.2) is 23.8 Å². The molecule has 0 spiro atoms. The van der Waals surface area contributed by atoms with Gasteiger partial charge in [0.25, 0.3) is 5.66 Å². The predicted octanol–water partition coefficient (Wildman–Crippen LogP) is 1.04. The summed E-state index contributed by atoms with van der Waals surface area (Å²) in [6.45, 7) is 0. The Hall–Kier alpha value is -1.60. The summed E-state index contributed by atoms with van der Waals surface area (Å²) in [4.78, 5) is 12.2. The molecular weight excluding hydrogens is 180 g/mol. The third-order valence-corrected chi connectivity index (χ3v) is 2.41. The quantitative estimate of drug-likeness (QED) is 0.284. The van der Waals surface area contributed by atoms with E-state index in [-0.39, 0.29) is 4.92 Å². The van der Waals surface area contributed by atoms with Gasteiger partial charge in [0.05, 0.1) is 6.42 Å². The summed E-state index contributed by atoms with van der Waals surface area (Å²) in [5.41, 5.74) is -0.440. The molecule has 4 nitrogen and oxygen atoms in total. The van der Waals surface area contributed by atoms with E-state index in [1.54, 1.807) is 37.2 Å². The van der Waals surface area contributed by atoms with Crippen LogP contribution in [0.25, 0.3) is 0 Å². The average Bonchev–Trinajstić information content (AvgIpc) is 2.17. The van der Waals surface area contributed by atoms with Crippen molar-refractivity contribution in [1.82, 2.24) is 4.90 Å². The molecule has 1 rings (SSSR count). The molecule has 4 heteroatoms. The fraction of sp³-hybridized carbons (Fsp3) is 0.400. The summed E-state index contributed by atoms with van der Waals surface area (Å²) in [7, 11) is 3.36. The van der Waals surface area contributed by atoms with Crippen LogP contribution in [0.4, 0.5) is 0 Å². The van der Waals surface area contributed by atoms with Gasteiger partial charge in [-0.2, -0.15) is 0 Å². The van der Waals surface area contributed by atoms with Crippen LogP contribution in [-0.4, -0.2) is 29.6 Å². The Morgan fingerprint density at radius 1 is 1.71 bits per heavy atom. The van der Waals surface area contributed by atoms with Crippen LogP contribution < -0.4 is 0 Å². The van der Waals surface area contributed by atoms with Crippen molar-refractivity contribution in [1.29, 1.82) is 0 Å². The number of nitro groups is 1. The van der Waals surface area contributed by atoms with Gasteiger partial charge in [-0.05, 0) is 20.2 Å². The zero-order valence-electron chi connectivity index (χ0n) is 8.23. The molecule has 0 radical (unpaired) electrons. The van der Waals surface area contributed by atoms with Gasteiger partial charge in [-0.3, -0.25) is 10.1 Å². The summed E-state index contributed by atoms with van der Waals surface area (Å²) in [5.74, 6) is 2.45. The monoisotopic (exact) mass is 192 g/mol. The zero-order valence-corrected chi connectivity index (χ0v) is 8.23. The predicted molar refractivity (Wildman–Crippen MR) is 54.1 cm³/mol. The van der Waals surface area contributed by atoms with Crippen molar-refractivity contribution >= 4 is 0 Å². The van der Waals surface area contributed by atoms with Gasteiger partial charge >= 0.3 is 0 Å². The van der Waals surface area contributed by atoms with E-state index in [0.29, 0.717) is 12.0 Å². The van der Waals surface area contributed by atoms with Crippen molar-refractivity contribution in [3.8, 4) is 12.3 Å². The minimum Gasteiger partial charge on any atom is -0.262 e. The number of allylic oxidation sites excluding steroid dienone is 2. The van der Waals surface area contributed by atoms with E-state index in [1.807, 2.05) is 0 Å². The van der Waals surface area contributed by atoms with Crippen LogP contribution >= 0.6 is 0 Å². The Bertz CT molecular complexity index is 350. The molecule has 0 N–H and O–H groups in total. The van der Waals surface area contributed by atoms with Gasteiger partial charge in [0.15, 0.2) is 0 Å². The van der Waals surface area contributed by atoms with Crippen molar-refractivity contribution in [2.45, 2.75) is 12.1 Å². The Labute approximate surface area is 83.1 Å². The van der Waals surface area contributed by atoms with E-state index in [4.69, 9.17) is 6.42 Å². The van der Waals surface area contributed by atoms with Gasteiger partial charge in [0, 0.05) is 16.6 Å². The van der Waals surface area contributed by atoms with Crippen molar-refractivity contribution in [2.75, 3.05) is 14.1 Å². The Morgan fingerprint density at radius 3 is 2.64 bits per heavy atom. The third kappa shape index (κ3) is 1.54. The van der Waals surface area contributed by atoms with E-state index in [0.717, 1.165) is 0 Å². The molecule has 0 aromatic heterocycles. The molecular formula is C10H12N2O2. The summed E-state index contributed by atoms with van der Waals surface area (Å²) >= 11 is 0. The number of hydrogen-bond acceptors (Lipinski definition) is 3. The third-order valence-electron chi connectivity index (χ3n) is 2.41. The van der Waals surface area contributed by atoms with Crippen molar-refractivity contribution in [2.24, 2.45) is 0 Å². The molecule has 1 aliphatic carbocycles. The molecule has 0 bridgehead atoms. The Balaban J connectivity index is 3.00. The van der Waals surface area contributed by atoms with E-state index in [2.05, 4.69) is 5.92 Å². The lowest BCUT2D eigenvalue weighted by Crippen LogP contribution is -2.49. The van der Waals surface area contributed by atoms with Gasteiger partial charge < -0.3 is 0 Å². The second-order valence-electron chi connectivity index (χ2n) is 3.37. The van der Waals surface area contributed by atoms with Crippen molar-refractivity contribution < 1.29 is 4.92 Å². The second kappa shape index (κ2) is 3.64. The first-order valence-electron chi connectivity index (χ1n) is 4.21. The topological polar surface area (TPSA) is 46.4 Å². The molecule has 0 heterocycles. The number of rotatable bonds is 2. The van der Waals surface area contributed by atoms with E-state index < -0.39 is 5.66 Å². The Kier molecular flexibility index (Phi) is 2.73. The van der Waals surface area contributed by atoms with Crippen molar-refractivity contribution in [3.05, 3.63) is 33.9 Å². The molecule has 0 saturated heterocycles. The number of likely N-dealkylation sites (N-methyl/N-ethyl adjacent to an activating group) is 1. The molecule has 0 fully saturated rings. The summed E-state index contributed by atoms with van der Waals surface area (Å²) < 4.78 is 0. The lowest BCUT2D eigenvalue weighted by Gasteiger charge is -2.29. The zero-order chi connectivity index (χ0) is 10.8. The fourth-order valence-electron chi connectivity index (χ4n) is 1.36. The first-order valence-corrected chi connectivity index (χ1v) is 4.21. The lowest BCUT2D eigenvalue weighted by atomic mass is 9.96. The highest BCUT2D eigenvalue weighted by Gasteiger charge is 2.42. The molecule has 0 aliphatic heterocycles. The molecule has 74 valence electrons. The van der Waals surface area contributed by atoms with Crippen LogP contribution in [0.3, 0.4) is 0 Å². The lowest BCUT2D eigenvalue weighted by molar-refractivity contribution is -0.582. The number of terminal acetylenes is 1. The summed E-state index contributed by atoms with van der Waals surface area (Å²) in [6.07, 6.45) is 10.4. The maximum absolute atomic E-state index is 10.9. The van der Waals surface area contributed by atoms with Gasteiger partial charge in [0.2, 0.25) is 0 Å². The molecule has 0 aromatic rings. The standard InChI is InChI=1S/C10H12N2O2/c1-4-9-5-7-10(8-6-9,11(2)3)12(13)14/h1,5-7H,8H2,2-3H3. The van der Waals surface area contributed by atoms with Crippen LogP contribution in [-0.2, 0) is 0 Å².